The van der Waals surface area contributed by atoms with Crippen molar-refractivity contribution in [3.63, 3.8) is 0 Å². The zero-order valence-corrected chi connectivity index (χ0v) is 12.4. The van der Waals surface area contributed by atoms with E-state index in [0.29, 0.717) is 0 Å². The zero-order valence-electron chi connectivity index (χ0n) is 12.4. The van der Waals surface area contributed by atoms with Crippen LogP contribution in [0.5, 0.6) is 0 Å². The summed E-state index contributed by atoms with van der Waals surface area (Å²) in [5.41, 5.74) is 2.79. The molecule has 0 radical (unpaired) electrons. The van der Waals surface area contributed by atoms with E-state index in [1.54, 1.807) is 0 Å². The molecule has 1 amide bonds. The first kappa shape index (κ1) is 14.9. The van der Waals surface area contributed by atoms with Crippen molar-refractivity contribution in [2.75, 3.05) is 25.0 Å². The minimum Gasteiger partial charge on any atom is -0.394 e. The zero-order chi connectivity index (χ0) is 14.5. The molecule has 20 heavy (non-hydrogen) atoms. The number of nitrogens with zero attached hydrogens (tertiary/aromatic N) is 1. The third-order valence-electron chi connectivity index (χ3n) is 3.88. The maximum absolute atomic E-state index is 12.6. The monoisotopic (exact) mass is 276 g/mol. The van der Waals surface area contributed by atoms with Gasteiger partial charge in [-0.15, -0.1) is 0 Å². The Morgan fingerprint density at radius 3 is 2.95 bits per heavy atom. The summed E-state index contributed by atoms with van der Waals surface area (Å²) in [4.78, 5) is 14.4. The number of aryl methyl sites for hydroxylation is 1. The normalized spacial score (nSPS) is 18.4. The van der Waals surface area contributed by atoms with Crippen LogP contribution in [0, 0.1) is 6.92 Å². The van der Waals surface area contributed by atoms with Crippen LogP contribution in [-0.2, 0) is 0 Å². The average molecular weight is 276 g/mol. The summed E-state index contributed by atoms with van der Waals surface area (Å²) in [6.07, 6.45) is 2.95. The van der Waals surface area contributed by atoms with Gasteiger partial charge in [-0.3, -0.25) is 4.79 Å². The van der Waals surface area contributed by atoms with E-state index in [2.05, 4.69) is 12.2 Å². The molecule has 4 heteroatoms. The second kappa shape index (κ2) is 6.75. The molecular formula is C16H24N2O2. The fourth-order valence-electron chi connectivity index (χ4n) is 2.73. The summed E-state index contributed by atoms with van der Waals surface area (Å²) >= 11 is 0. The molecule has 0 saturated carbocycles. The highest BCUT2D eigenvalue weighted by atomic mass is 16.3. The lowest BCUT2D eigenvalue weighted by Crippen LogP contribution is -2.37. The number of carbonyl (C=O) groups is 1. The van der Waals surface area contributed by atoms with E-state index in [0.717, 1.165) is 49.2 Å². The Balaban J connectivity index is 2.14. The Morgan fingerprint density at radius 2 is 2.30 bits per heavy atom. The maximum Gasteiger partial charge on any atom is 0.254 e. The third kappa shape index (κ3) is 3.12. The first-order valence-corrected chi connectivity index (χ1v) is 7.43. The van der Waals surface area contributed by atoms with Gasteiger partial charge in [0.2, 0.25) is 0 Å². The lowest BCUT2D eigenvalue weighted by atomic mass is 10.1. The number of aliphatic hydroxyl groups excluding tert-OH is 1. The predicted octanol–water partition coefficient (Wildman–Crippen LogP) is 2.41. The number of benzene rings is 1. The topological polar surface area (TPSA) is 52.6 Å². The molecule has 4 nitrogen and oxygen atoms in total. The van der Waals surface area contributed by atoms with Crippen LogP contribution in [0.1, 0.15) is 42.1 Å². The molecule has 0 aromatic heterocycles. The largest absolute Gasteiger partial charge is 0.394 e. The summed E-state index contributed by atoms with van der Waals surface area (Å²) in [5.74, 6) is 0.0427. The van der Waals surface area contributed by atoms with Crippen molar-refractivity contribution >= 4 is 11.6 Å². The van der Waals surface area contributed by atoms with Crippen LogP contribution in [0.2, 0.25) is 0 Å². The van der Waals surface area contributed by atoms with Crippen molar-refractivity contribution in [1.82, 2.24) is 4.90 Å². The molecule has 1 atom stereocenters. The van der Waals surface area contributed by atoms with E-state index in [1.165, 1.54) is 0 Å². The van der Waals surface area contributed by atoms with Crippen molar-refractivity contribution in [3.8, 4) is 0 Å². The Morgan fingerprint density at radius 1 is 1.50 bits per heavy atom. The number of hydrogen-bond acceptors (Lipinski definition) is 3. The molecule has 0 bridgehead atoms. The predicted molar refractivity (Wildman–Crippen MR) is 81.1 cm³/mol. The van der Waals surface area contributed by atoms with E-state index in [9.17, 15) is 9.90 Å². The number of amides is 1. The second-order valence-electron chi connectivity index (χ2n) is 5.43. The van der Waals surface area contributed by atoms with Gasteiger partial charge in [-0.1, -0.05) is 6.92 Å². The van der Waals surface area contributed by atoms with Crippen LogP contribution >= 0.6 is 0 Å². The van der Waals surface area contributed by atoms with Crippen LogP contribution in [0.25, 0.3) is 0 Å². The smallest absolute Gasteiger partial charge is 0.254 e. The molecule has 0 spiro atoms. The van der Waals surface area contributed by atoms with Crippen molar-refractivity contribution in [2.24, 2.45) is 0 Å². The third-order valence-corrected chi connectivity index (χ3v) is 3.88. The van der Waals surface area contributed by atoms with Crippen LogP contribution in [0.3, 0.4) is 0 Å². The van der Waals surface area contributed by atoms with Gasteiger partial charge in [0, 0.05) is 24.3 Å². The Labute approximate surface area is 120 Å². The van der Waals surface area contributed by atoms with Crippen molar-refractivity contribution in [1.29, 1.82) is 0 Å². The van der Waals surface area contributed by atoms with Gasteiger partial charge < -0.3 is 15.3 Å². The first-order valence-electron chi connectivity index (χ1n) is 7.43. The van der Waals surface area contributed by atoms with Crippen molar-refractivity contribution < 1.29 is 9.90 Å². The molecule has 1 heterocycles. The Hall–Kier alpha value is -1.55. The summed E-state index contributed by atoms with van der Waals surface area (Å²) in [7, 11) is 0. The number of hydrogen-bond donors (Lipinski definition) is 2. The molecule has 0 aliphatic carbocycles. The van der Waals surface area contributed by atoms with E-state index in [-0.39, 0.29) is 18.6 Å². The molecular weight excluding hydrogens is 252 g/mol. The molecule has 1 aliphatic rings. The minimum atomic E-state index is -0.0141. The maximum atomic E-state index is 12.6. The van der Waals surface area contributed by atoms with Crippen molar-refractivity contribution in [3.05, 3.63) is 29.3 Å². The SMILES string of the molecule is CCCNc1ccc(C(=O)N2CCCC2CO)c(C)c1. The molecule has 1 fully saturated rings. The van der Waals surface area contributed by atoms with Gasteiger partial charge in [-0.25, -0.2) is 0 Å². The highest BCUT2D eigenvalue weighted by Crippen LogP contribution is 2.23. The quantitative estimate of drug-likeness (QED) is 0.868. The molecule has 110 valence electrons. The molecule has 1 aromatic carbocycles. The number of rotatable bonds is 5. The standard InChI is InChI=1S/C16H24N2O2/c1-3-8-17-13-6-7-15(12(2)10-13)16(20)18-9-4-5-14(18)11-19/h6-7,10,14,17,19H,3-5,8-9,11H2,1-2H3. The second-order valence-corrected chi connectivity index (χ2v) is 5.43. The Bertz CT molecular complexity index is 474. The molecule has 2 rings (SSSR count). The molecule has 1 unspecified atom stereocenters. The van der Waals surface area contributed by atoms with Gasteiger partial charge in [0.1, 0.15) is 0 Å². The van der Waals surface area contributed by atoms with Gasteiger partial charge in [-0.2, -0.15) is 0 Å². The number of aliphatic hydroxyl groups is 1. The number of anilines is 1. The van der Waals surface area contributed by atoms with Gasteiger partial charge >= 0.3 is 0 Å². The number of likely N-dealkylation sites (tertiary alicyclic amines) is 1. The van der Waals surface area contributed by atoms with E-state index >= 15 is 0 Å². The summed E-state index contributed by atoms with van der Waals surface area (Å²) in [6, 6.07) is 5.86. The minimum absolute atomic E-state index is 0.0141. The highest BCUT2D eigenvalue weighted by molar-refractivity contribution is 5.96. The van der Waals surface area contributed by atoms with Gasteiger partial charge in [0.15, 0.2) is 0 Å². The molecule has 1 aromatic rings. The molecule has 1 saturated heterocycles. The fourth-order valence-corrected chi connectivity index (χ4v) is 2.73. The molecule has 2 N–H and O–H groups in total. The summed E-state index contributed by atoms with van der Waals surface area (Å²) in [6.45, 7) is 5.83. The summed E-state index contributed by atoms with van der Waals surface area (Å²) in [5, 5.41) is 12.7. The van der Waals surface area contributed by atoms with Crippen LogP contribution in [-0.4, -0.2) is 41.7 Å². The summed E-state index contributed by atoms with van der Waals surface area (Å²) < 4.78 is 0. The van der Waals surface area contributed by atoms with Gasteiger partial charge in [-0.05, 0) is 49.9 Å². The highest BCUT2D eigenvalue weighted by Gasteiger charge is 2.29. The van der Waals surface area contributed by atoms with E-state index in [4.69, 9.17) is 0 Å². The van der Waals surface area contributed by atoms with Crippen LogP contribution in [0.15, 0.2) is 18.2 Å². The van der Waals surface area contributed by atoms with E-state index < -0.39 is 0 Å². The van der Waals surface area contributed by atoms with Gasteiger partial charge in [0.25, 0.3) is 5.91 Å². The van der Waals surface area contributed by atoms with E-state index in [1.807, 2.05) is 30.0 Å². The Kier molecular flexibility index (Phi) is 5.01. The lowest BCUT2D eigenvalue weighted by Gasteiger charge is -2.24. The van der Waals surface area contributed by atoms with Crippen molar-refractivity contribution in [2.45, 2.75) is 39.2 Å². The average Bonchev–Trinajstić information content (AvgIpc) is 2.93. The molecule has 1 aliphatic heterocycles. The lowest BCUT2D eigenvalue weighted by molar-refractivity contribution is 0.0677. The first-order chi connectivity index (χ1) is 9.67. The number of carbonyl (C=O) groups excluding carboxylic acids is 1. The van der Waals surface area contributed by atoms with Crippen LogP contribution in [0.4, 0.5) is 5.69 Å². The number of nitrogens with one attached hydrogen (secondary N) is 1. The van der Waals surface area contributed by atoms with Gasteiger partial charge in [0.05, 0.1) is 12.6 Å². The van der Waals surface area contributed by atoms with Crippen LogP contribution < -0.4 is 5.32 Å². The fraction of sp³-hybridized carbons (Fsp3) is 0.562.